The second-order valence-corrected chi connectivity index (χ2v) is 11.9. The van der Waals surface area contributed by atoms with Gasteiger partial charge in [-0.2, -0.15) is 8.42 Å². The molecular formula is C23H38N4O2S. The largest absolute Gasteiger partial charge is 0.300 e. The molecule has 2 heterocycles. The highest BCUT2D eigenvalue weighted by molar-refractivity contribution is 7.87. The number of nitrogens with two attached hydrogens (primary N) is 1. The van der Waals surface area contributed by atoms with Crippen LogP contribution in [0.5, 0.6) is 0 Å². The topological polar surface area (TPSA) is 78.7 Å². The fourth-order valence-corrected chi connectivity index (χ4v) is 6.36. The second kappa shape index (κ2) is 8.51. The van der Waals surface area contributed by atoms with Crippen molar-refractivity contribution < 1.29 is 8.42 Å². The summed E-state index contributed by atoms with van der Waals surface area (Å²) in [7, 11) is -3.63. The highest BCUT2D eigenvalue weighted by Crippen LogP contribution is 2.44. The van der Waals surface area contributed by atoms with Crippen molar-refractivity contribution in [3.05, 3.63) is 35.4 Å². The molecule has 2 aliphatic heterocycles. The van der Waals surface area contributed by atoms with Crippen LogP contribution in [-0.2, 0) is 22.2 Å². The lowest BCUT2D eigenvalue weighted by molar-refractivity contribution is 0.0473. The van der Waals surface area contributed by atoms with Gasteiger partial charge in [-0.25, -0.2) is 9.86 Å². The lowest BCUT2D eigenvalue weighted by Gasteiger charge is -2.51. The van der Waals surface area contributed by atoms with Crippen LogP contribution in [0.1, 0.15) is 63.5 Å². The van der Waals surface area contributed by atoms with Crippen LogP contribution in [0.4, 0.5) is 0 Å². The minimum atomic E-state index is -3.63. The molecular weight excluding hydrogens is 396 g/mol. The molecule has 0 amide bonds. The van der Waals surface area contributed by atoms with Gasteiger partial charge >= 0.3 is 0 Å². The quantitative estimate of drug-likeness (QED) is 0.747. The Balaban J connectivity index is 1.43. The molecule has 1 aromatic carbocycles. The molecule has 0 atom stereocenters. The maximum atomic E-state index is 11.2. The Hall–Kier alpha value is -0.990. The van der Waals surface area contributed by atoms with Crippen molar-refractivity contribution >= 4 is 10.2 Å². The summed E-state index contributed by atoms with van der Waals surface area (Å²) in [5.41, 5.74) is 3.61. The van der Waals surface area contributed by atoms with Gasteiger partial charge in [0.1, 0.15) is 0 Å². The Bertz CT molecular complexity index is 837. The molecule has 0 aromatic heterocycles. The number of fused-ring (bicyclic) bond motifs is 2. The van der Waals surface area contributed by atoms with Crippen LogP contribution in [0.3, 0.4) is 0 Å². The SMILES string of the molecule is CC1(C)CCC(N2CCC3(CC2)CN(CCNS(N)(=O)=O)Cc2ccccc23)CC1. The molecule has 1 saturated carbocycles. The lowest BCUT2D eigenvalue weighted by Crippen LogP contribution is -2.55. The zero-order valence-electron chi connectivity index (χ0n) is 18.6. The van der Waals surface area contributed by atoms with Crippen LogP contribution in [0, 0.1) is 5.41 Å². The number of likely N-dealkylation sites (tertiary alicyclic amines) is 1. The van der Waals surface area contributed by atoms with Crippen molar-refractivity contribution in [3.63, 3.8) is 0 Å². The minimum Gasteiger partial charge on any atom is -0.300 e. The summed E-state index contributed by atoms with van der Waals surface area (Å²) in [6, 6.07) is 9.62. The molecule has 1 aromatic rings. The fraction of sp³-hybridized carbons (Fsp3) is 0.739. The number of nitrogens with one attached hydrogen (secondary N) is 1. The molecule has 1 saturated heterocycles. The van der Waals surface area contributed by atoms with E-state index in [1.165, 1.54) is 62.7 Å². The number of hydrogen-bond acceptors (Lipinski definition) is 4. The van der Waals surface area contributed by atoms with Crippen LogP contribution < -0.4 is 9.86 Å². The van der Waals surface area contributed by atoms with Crippen molar-refractivity contribution in [1.29, 1.82) is 0 Å². The fourth-order valence-electron chi connectivity index (χ4n) is 5.98. The van der Waals surface area contributed by atoms with Crippen molar-refractivity contribution in [1.82, 2.24) is 14.5 Å². The van der Waals surface area contributed by atoms with Gasteiger partial charge in [0, 0.05) is 37.6 Å². The smallest absolute Gasteiger partial charge is 0.274 e. The van der Waals surface area contributed by atoms with Crippen LogP contribution in [0.15, 0.2) is 24.3 Å². The van der Waals surface area contributed by atoms with Gasteiger partial charge in [-0.15, -0.1) is 0 Å². The van der Waals surface area contributed by atoms with E-state index >= 15 is 0 Å². The minimum absolute atomic E-state index is 0.181. The zero-order valence-corrected chi connectivity index (χ0v) is 19.4. The monoisotopic (exact) mass is 434 g/mol. The van der Waals surface area contributed by atoms with Crippen molar-refractivity contribution in [2.45, 2.75) is 70.4 Å². The molecule has 0 bridgehead atoms. The summed E-state index contributed by atoms with van der Waals surface area (Å²) in [5, 5.41) is 5.10. The third-order valence-corrected chi connectivity index (χ3v) is 8.43. The van der Waals surface area contributed by atoms with Crippen molar-refractivity contribution in [2.24, 2.45) is 10.6 Å². The maximum Gasteiger partial charge on any atom is 0.274 e. The Labute approximate surface area is 182 Å². The van der Waals surface area contributed by atoms with E-state index in [2.05, 4.69) is 52.6 Å². The first-order chi connectivity index (χ1) is 14.2. The number of nitrogens with zero attached hydrogens (tertiary/aromatic N) is 2. The summed E-state index contributed by atoms with van der Waals surface area (Å²) in [6.45, 7) is 10.1. The predicted molar refractivity (Wildman–Crippen MR) is 121 cm³/mol. The van der Waals surface area contributed by atoms with E-state index in [0.29, 0.717) is 18.5 Å². The average Bonchev–Trinajstić information content (AvgIpc) is 2.68. The van der Waals surface area contributed by atoms with E-state index in [-0.39, 0.29) is 5.41 Å². The van der Waals surface area contributed by atoms with E-state index < -0.39 is 10.2 Å². The number of rotatable bonds is 5. The highest BCUT2D eigenvalue weighted by atomic mass is 32.2. The van der Waals surface area contributed by atoms with E-state index in [0.717, 1.165) is 19.1 Å². The summed E-state index contributed by atoms with van der Waals surface area (Å²) < 4.78 is 24.9. The van der Waals surface area contributed by atoms with Gasteiger partial charge in [-0.05, 0) is 68.2 Å². The maximum absolute atomic E-state index is 11.2. The van der Waals surface area contributed by atoms with E-state index in [4.69, 9.17) is 5.14 Å². The van der Waals surface area contributed by atoms with Gasteiger partial charge in [0.15, 0.2) is 0 Å². The lowest BCUT2D eigenvalue weighted by atomic mass is 9.68. The summed E-state index contributed by atoms with van der Waals surface area (Å²) >= 11 is 0. The Kier molecular flexibility index (Phi) is 6.30. The van der Waals surface area contributed by atoms with Gasteiger partial charge < -0.3 is 4.90 Å². The summed E-state index contributed by atoms with van der Waals surface area (Å²) in [4.78, 5) is 5.16. The van der Waals surface area contributed by atoms with Crippen LogP contribution in [0.25, 0.3) is 0 Å². The highest BCUT2D eigenvalue weighted by Gasteiger charge is 2.43. The number of piperidine rings is 1. The van der Waals surface area contributed by atoms with Gasteiger partial charge in [0.05, 0.1) is 0 Å². The molecule has 0 unspecified atom stereocenters. The average molecular weight is 435 g/mol. The van der Waals surface area contributed by atoms with Crippen LogP contribution >= 0.6 is 0 Å². The van der Waals surface area contributed by atoms with E-state index in [1.807, 2.05) is 0 Å². The molecule has 30 heavy (non-hydrogen) atoms. The van der Waals surface area contributed by atoms with E-state index in [1.54, 1.807) is 0 Å². The Morgan fingerprint density at radius 2 is 1.77 bits per heavy atom. The van der Waals surface area contributed by atoms with Crippen LogP contribution in [0.2, 0.25) is 0 Å². The first kappa shape index (κ1) is 22.2. The molecule has 7 heteroatoms. The molecule has 1 spiro atoms. The first-order valence-electron chi connectivity index (χ1n) is 11.5. The zero-order chi connectivity index (χ0) is 21.4. The Morgan fingerprint density at radius 3 is 2.43 bits per heavy atom. The normalized spacial score (nSPS) is 25.3. The molecule has 3 aliphatic rings. The molecule has 1 aliphatic carbocycles. The second-order valence-electron chi connectivity index (χ2n) is 10.5. The third-order valence-electron chi connectivity index (χ3n) is 7.82. The molecule has 0 radical (unpaired) electrons. The third kappa shape index (κ3) is 5.07. The van der Waals surface area contributed by atoms with Gasteiger partial charge in [-0.1, -0.05) is 38.1 Å². The van der Waals surface area contributed by atoms with Gasteiger partial charge in [-0.3, -0.25) is 4.90 Å². The standard InChI is InChI=1S/C23H38N4O2S/c1-22(2)9-7-20(8-10-22)27-14-11-23(12-15-27)18-26(16-13-25-30(24,28)29)17-19-5-3-4-6-21(19)23/h3-6,20,25H,7-18H2,1-2H3,(H2,24,28,29). The Morgan fingerprint density at radius 1 is 1.10 bits per heavy atom. The van der Waals surface area contributed by atoms with Crippen LogP contribution in [-0.4, -0.2) is 57.0 Å². The molecule has 6 nitrogen and oxygen atoms in total. The molecule has 2 fully saturated rings. The number of hydrogen-bond donors (Lipinski definition) is 2. The number of benzene rings is 1. The van der Waals surface area contributed by atoms with Crippen molar-refractivity contribution in [2.75, 3.05) is 32.7 Å². The molecule has 3 N–H and O–H groups in total. The predicted octanol–water partition coefficient (Wildman–Crippen LogP) is 2.60. The first-order valence-corrected chi connectivity index (χ1v) is 13.0. The van der Waals surface area contributed by atoms with Gasteiger partial charge in [0.2, 0.25) is 0 Å². The van der Waals surface area contributed by atoms with Crippen molar-refractivity contribution in [3.8, 4) is 0 Å². The summed E-state index contributed by atoms with van der Waals surface area (Å²) in [6.07, 6.45) is 7.72. The molecule has 4 rings (SSSR count). The molecule has 168 valence electrons. The van der Waals surface area contributed by atoms with E-state index in [9.17, 15) is 8.42 Å². The summed E-state index contributed by atoms with van der Waals surface area (Å²) in [5.74, 6) is 0. The van der Waals surface area contributed by atoms with Gasteiger partial charge in [0.25, 0.3) is 10.2 Å².